The first-order chi connectivity index (χ1) is 15.0. The van der Waals surface area contributed by atoms with E-state index in [0.717, 1.165) is 27.6 Å². The SMILES string of the molecule is COc1ccc(Cn2cc(-c3ccccc3C)c3ccc(C#N)cc3c2=O)c(OC)c1. The molecule has 154 valence electrons. The summed E-state index contributed by atoms with van der Waals surface area (Å²) in [6.07, 6.45) is 1.89. The van der Waals surface area contributed by atoms with E-state index in [1.54, 1.807) is 37.0 Å². The molecule has 5 nitrogen and oxygen atoms in total. The first kappa shape index (κ1) is 20.2. The van der Waals surface area contributed by atoms with E-state index in [0.29, 0.717) is 29.0 Å². The second-order valence-corrected chi connectivity index (χ2v) is 7.34. The van der Waals surface area contributed by atoms with Gasteiger partial charge in [0.2, 0.25) is 0 Å². The zero-order valence-electron chi connectivity index (χ0n) is 17.7. The summed E-state index contributed by atoms with van der Waals surface area (Å²) >= 11 is 0. The maximum absolute atomic E-state index is 13.4. The molecule has 0 atom stereocenters. The van der Waals surface area contributed by atoms with Gasteiger partial charge in [-0.25, -0.2) is 0 Å². The van der Waals surface area contributed by atoms with E-state index >= 15 is 0 Å². The molecule has 31 heavy (non-hydrogen) atoms. The molecule has 1 aromatic heterocycles. The number of fused-ring (bicyclic) bond motifs is 1. The molecule has 0 radical (unpaired) electrons. The van der Waals surface area contributed by atoms with Gasteiger partial charge in [-0.1, -0.05) is 30.3 Å². The van der Waals surface area contributed by atoms with Crippen LogP contribution in [0.4, 0.5) is 0 Å². The quantitative estimate of drug-likeness (QED) is 0.469. The number of hydrogen-bond acceptors (Lipinski definition) is 4. The van der Waals surface area contributed by atoms with Gasteiger partial charge in [-0.2, -0.15) is 5.26 Å². The summed E-state index contributed by atoms with van der Waals surface area (Å²) < 4.78 is 12.5. The molecule has 0 saturated heterocycles. The molecule has 0 aliphatic carbocycles. The van der Waals surface area contributed by atoms with Gasteiger partial charge >= 0.3 is 0 Å². The Balaban J connectivity index is 1.96. The molecule has 4 aromatic rings. The van der Waals surface area contributed by atoms with Gasteiger partial charge in [-0.15, -0.1) is 0 Å². The van der Waals surface area contributed by atoms with Gasteiger partial charge in [0.05, 0.1) is 32.4 Å². The Hall–Kier alpha value is -4.04. The van der Waals surface area contributed by atoms with Crippen LogP contribution in [0.15, 0.2) is 71.7 Å². The maximum atomic E-state index is 13.4. The van der Waals surface area contributed by atoms with Crippen molar-refractivity contribution in [3.05, 3.63) is 93.9 Å². The summed E-state index contributed by atoms with van der Waals surface area (Å²) in [5.41, 5.74) is 4.28. The van der Waals surface area contributed by atoms with Gasteiger partial charge in [0.25, 0.3) is 5.56 Å². The van der Waals surface area contributed by atoms with Crippen molar-refractivity contribution in [3.8, 4) is 28.7 Å². The average molecular weight is 410 g/mol. The van der Waals surface area contributed by atoms with Crippen LogP contribution in [0.25, 0.3) is 21.9 Å². The molecule has 0 N–H and O–H groups in total. The van der Waals surface area contributed by atoms with Crippen LogP contribution in [0.1, 0.15) is 16.7 Å². The highest BCUT2D eigenvalue weighted by molar-refractivity contribution is 5.97. The molecule has 5 heteroatoms. The fourth-order valence-corrected chi connectivity index (χ4v) is 3.84. The van der Waals surface area contributed by atoms with E-state index < -0.39 is 0 Å². The van der Waals surface area contributed by atoms with E-state index in [1.807, 2.05) is 55.6 Å². The Morgan fingerprint density at radius 2 is 1.74 bits per heavy atom. The average Bonchev–Trinajstić information content (AvgIpc) is 2.81. The van der Waals surface area contributed by atoms with Crippen molar-refractivity contribution in [2.75, 3.05) is 14.2 Å². The van der Waals surface area contributed by atoms with Crippen LogP contribution in [0.5, 0.6) is 11.5 Å². The molecule has 0 aliphatic heterocycles. The second kappa shape index (κ2) is 8.37. The van der Waals surface area contributed by atoms with Crippen molar-refractivity contribution in [1.82, 2.24) is 4.57 Å². The molecule has 3 aromatic carbocycles. The van der Waals surface area contributed by atoms with Gasteiger partial charge < -0.3 is 14.0 Å². The lowest BCUT2D eigenvalue weighted by molar-refractivity contribution is 0.390. The number of ether oxygens (including phenoxy) is 2. The van der Waals surface area contributed by atoms with Crippen LogP contribution in [0.2, 0.25) is 0 Å². The topological polar surface area (TPSA) is 64.2 Å². The Bertz CT molecular complexity index is 1380. The molecule has 0 aliphatic rings. The molecule has 0 saturated carbocycles. The number of nitrogens with zero attached hydrogens (tertiary/aromatic N) is 2. The minimum Gasteiger partial charge on any atom is -0.497 e. The van der Waals surface area contributed by atoms with Crippen LogP contribution >= 0.6 is 0 Å². The molecular weight excluding hydrogens is 388 g/mol. The molecule has 0 spiro atoms. The van der Waals surface area contributed by atoms with Crippen LogP contribution in [0, 0.1) is 18.3 Å². The molecule has 1 heterocycles. The van der Waals surface area contributed by atoms with Gasteiger partial charge in [-0.3, -0.25) is 4.79 Å². The Kier molecular flexibility index (Phi) is 5.46. The third-order valence-corrected chi connectivity index (χ3v) is 5.49. The number of aryl methyl sites for hydroxylation is 1. The predicted molar refractivity (Wildman–Crippen MR) is 122 cm³/mol. The molecule has 0 fully saturated rings. The number of aromatic nitrogens is 1. The summed E-state index contributed by atoms with van der Waals surface area (Å²) in [6, 6.07) is 21.0. The highest BCUT2D eigenvalue weighted by Crippen LogP contribution is 2.31. The van der Waals surface area contributed by atoms with Crippen molar-refractivity contribution < 1.29 is 9.47 Å². The summed E-state index contributed by atoms with van der Waals surface area (Å²) in [4.78, 5) is 13.4. The van der Waals surface area contributed by atoms with Crippen LogP contribution < -0.4 is 15.0 Å². The lowest BCUT2D eigenvalue weighted by Crippen LogP contribution is -2.21. The first-order valence-corrected chi connectivity index (χ1v) is 9.90. The molecule has 0 bridgehead atoms. The number of rotatable bonds is 5. The van der Waals surface area contributed by atoms with E-state index in [9.17, 15) is 10.1 Å². The molecular formula is C26H22N2O3. The Labute approximate surface area is 180 Å². The van der Waals surface area contributed by atoms with Crippen LogP contribution in [-0.4, -0.2) is 18.8 Å². The molecule has 4 rings (SSSR count). The normalized spacial score (nSPS) is 10.6. The predicted octanol–water partition coefficient (Wildman–Crippen LogP) is 4.91. The van der Waals surface area contributed by atoms with Crippen molar-refractivity contribution in [3.63, 3.8) is 0 Å². The van der Waals surface area contributed by atoms with Crippen molar-refractivity contribution >= 4 is 10.8 Å². The largest absolute Gasteiger partial charge is 0.497 e. The number of methoxy groups -OCH3 is 2. The van der Waals surface area contributed by atoms with E-state index in [2.05, 4.69) is 6.07 Å². The van der Waals surface area contributed by atoms with Crippen molar-refractivity contribution in [1.29, 1.82) is 5.26 Å². The summed E-state index contributed by atoms with van der Waals surface area (Å²) in [6.45, 7) is 2.38. The van der Waals surface area contributed by atoms with Gasteiger partial charge in [0.15, 0.2) is 0 Å². The standard InChI is InChI=1S/C26H22N2O3/c1-17-6-4-5-7-21(17)24-16-28(15-19-9-10-20(30-2)13-25(19)31-3)26(29)23-12-18(14-27)8-11-22(23)24/h4-13,16H,15H2,1-3H3. The van der Waals surface area contributed by atoms with Gasteiger partial charge in [0, 0.05) is 28.8 Å². The maximum Gasteiger partial charge on any atom is 0.258 e. The van der Waals surface area contributed by atoms with Crippen molar-refractivity contribution in [2.45, 2.75) is 13.5 Å². The summed E-state index contributed by atoms with van der Waals surface area (Å²) in [7, 11) is 3.20. The summed E-state index contributed by atoms with van der Waals surface area (Å²) in [5.74, 6) is 1.33. The second-order valence-electron chi connectivity index (χ2n) is 7.34. The van der Waals surface area contributed by atoms with Gasteiger partial charge in [0.1, 0.15) is 11.5 Å². The molecule has 0 unspecified atom stereocenters. The number of nitriles is 1. The highest BCUT2D eigenvalue weighted by Gasteiger charge is 2.14. The van der Waals surface area contributed by atoms with Crippen LogP contribution in [0.3, 0.4) is 0 Å². The Morgan fingerprint density at radius 1 is 0.935 bits per heavy atom. The smallest absolute Gasteiger partial charge is 0.258 e. The first-order valence-electron chi connectivity index (χ1n) is 9.90. The van der Waals surface area contributed by atoms with Crippen molar-refractivity contribution in [2.24, 2.45) is 0 Å². The molecule has 0 amide bonds. The van der Waals surface area contributed by atoms with Gasteiger partial charge in [-0.05, 0) is 47.7 Å². The minimum atomic E-state index is -0.151. The Morgan fingerprint density at radius 3 is 2.45 bits per heavy atom. The lowest BCUT2D eigenvalue weighted by atomic mass is 9.96. The van der Waals surface area contributed by atoms with E-state index in [1.165, 1.54) is 0 Å². The zero-order chi connectivity index (χ0) is 22.0. The van der Waals surface area contributed by atoms with E-state index in [4.69, 9.17) is 9.47 Å². The third kappa shape index (κ3) is 3.76. The number of pyridine rings is 1. The fraction of sp³-hybridized carbons (Fsp3) is 0.154. The van der Waals surface area contributed by atoms with Crippen LogP contribution in [-0.2, 0) is 6.54 Å². The number of benzene rings is 3. The third-order valence-electron chi connectivity index (χ3n) is 5.49. The minimum absolute atomic E-state index is 0.151. The van der Waals surface area contributed by atoms with E-state index in [-0.39, 0.29) is 5.56 Å². The summed E-state index contributed by atoms with van der Waals surface area (Å²) in [5, 5.41) is 10.7. The lowest BCUT2D eigenvalue weighted by Gasteiger charge is -2.16. The number of hydrogen-bond donors (Lipinski definition) is 0. The monoisotopic (exact) mass is 410 g/mol. The zero-order valence-corrected chi connectivity index (χ0v) is 17.7. The highest BCUT2D eigenvalue weighted by atomic mass is 16.5. The fourth-order valence-electron chi connectivity index (χ4n) is 3.84.